The second-order valence-corrected chi connectivity index (χ2v) is 8.61. The molecule has 0 heterocycles. The molecule has 0 saturated heterocycles. The van der Waals surface area contributed by atoms with Gasteiger partial charge in [-0.1, -0.05) is 36.4 Å². The van der Waals surface area contributed by atoms with Gasteiger partial charge in [-0.25, -0.2) is 8.42 Å². The number of hydrogen-bond acceptors (Lipinski definition) is 5. The topological polar surface area (TPSA) is 105 Å². The number of aliphatic hydroxyl groups excluding tert-OH is 1. The molecule has 0 bridgehead atoms. The van der Waals surface area contributed by atoms with Crippen molar-refractivity contribution in [2.45, 2.75) is 24.3 Å². The van der Waals surface area contributed by atoms with Crippen molar-refractivity contribution in [2.75, 3.05) is 10.0 Å². The lowest BCUT2D eigenvalue weighted by Crippen LogP contribution is -2.21. The number of halogens is 3. The minimum absolute atomic E-state index is 0.125. The first-order valence-corrected chi connectivity index (χ1v) is 11.0. The number of ether oxygens (including phenoxy) is 1. The van der Waals surface area contributed by atoms with Crippen molar-refractivity contribution in [1.82, 2.24) is 0 Å². The summed E-state index contributed by atoms with van der Waals surface area (Å²) in [4.78, 5) is 12.1. The maximum Gasteiger partial charge on any atom is 0.573 e. The average molecular weight is 480 g/mol. The van der Waals surface area contributed by atoms with Crippen LogP contribution in [0.5, 0.6) is 5.75 Å². The van der Waals surface area contributed by atoms with Gasteiger partial charge in [-0.2, -0.15) is 0 Å². The van der Waals surface area contributed by atoms with Crippen molar-refractivity contribution in [3.05, 3.63) is 83.9 Å². The first-order chi connectivity index (χ1) is 15.4. The van der Waals surface area contributed by atoms with Gasteiger partial charge in [-0.15, -0.1) is 13.2 Å². The summed E-state index contributed by atoms with van der Waals surface area (Å²) in [5, 5.41) is 12.7. The van der Waals surface area contributed by atoms with Gasteiger partial charge in [0.1, 0.15) is 5.75 Å². The Morgan fingerprint density at radius 1 is 0.970 bits per heavy atom. The quantitative estimate of drug-likeness (QED) is 0.466. The van der Waals surface area contributed by atoms with Crippen molar-refractivity contribution < 1.29 is 36.2 Å². The number of hydrogen-bond donors (Lipinski definition) is 3. The number of sulfonamides is 1. The number of benzene rings is 3. The molecule has 11 heteroatoms. The molecule has 3 rings (SSSR count). The summed E-state index contributed by atoms with van der Waals surface area (Å²) in [7, 11) is -4.16. The molecular weight excluding hydrogens is 461 g/mol. The number of anilines is 2. The van der Waals surface area contributed by atoms with Gasteiger partial charge in [0, 0.05) is 11.8 Å². The smallest absolute Gasteiger partial charge is 0.406 e. The van der Waals surface area contributed by atoms with E-state index in [1.54, 1.807) is 30.3 Å². The molecule has 0 unspecified atom stereocenters. The van der Waals surface area contributed by atoms with Gasteiger partial charge in [0.25, 0.3) is 15.9 Å². The van der Waals surface area contributed by atoms with E-state index >= 15 is 0 Å². The maximum atomic E-state index is 12.7. The van der Waals surface area contributed by atoms with E-state index in [-0.39, 0.29) is 21.8 Å². The van der Waals surface area contributed by atoms with E-state index < -0.39 is 34.1 Å². The number of aliphatic hydroxyl groups is 1. The molecule has 0 saturated carbocycles. The zero-order chi connectivity index (χ0) is 24.2. The van der Waals surface area contributed by atoms with Crippen molar-refractivity contribution in [2.24, 2.45) is 0 Å². The molecule has 0 aliphatic heterocycles. The van der Waals surface area contributed by atoms with Gasteiger partial charge in [-0.3, -0.25) is 9.52 Å². The van der Waals surface area contributed by atoms with E-state index in [1.807, 2.05) is 0 Å². The molecule has 0 aromatic heterocycles. The Kier molecular flexibility index (Phi) is 6.94. The average Bonchev–Trinajstić information content (AvgIpc) is 2.72. The molecule has 33 heavy (non-hydrogen) atoms. The lowest BCUT2D eigenvalue weighted by molar-refractivity contribution is -0.274. The van der Waals surface area contributed by atoms with Crippen LogP contribution in [-0.2, 0) is 14.8 Å². The van der Waals surface area contributed by atoms with Crippen molar-refractivity contribution in [1.29, 1.82) is 0 Å². The van der Waals surface area contributed by atoms with Gasteiger partial charge in [-0.05, 0) is 48.4 Å². The number of carbonyl (C=O) groups excluding carboxylic acids is 1. The van der Waals surface area contributed by atoms with E-state index in [0.717, 1.165) is 12.1 Å². The molecule has 1 amide bonds. The minimum Gasteiger partial charge on any atom is -0.406 e. The van der Waals surface area contributed by atoms with Gasteiger partial charge >= 0.3 is 6.36 Å². The van der Waals surface area contributed by atoms with Crippen LogP contribution in [0.4, 0.5) is 24.5 Å². The van der Waals surface area contributed by atoms with Gasteiger partial charge in [0.2, 0.25) is 0 Å². The monoisotopic (exact) mass is 480 g/mol. The zero-order valence-electron chi connectivity index (χ0n) is 17.1. The zero-order valence-corrected chi connectivity index (χ0v) is 17.9. The highest BCUT2D eigenvalue weighted by Crippen LogP contribution is 2.28. The SMILES string of the molecule is Cc1cc(NC(=O)[C@@H](O)c2ccccc2)ccc1S(=O)(=O)Nc1cccc(OC(F)(F)F)c1. The fourth-order valence-electron chi connectivity index (χ4n) is 2.99. The van der Waals surface area contributed by atoms with Gasteiger partial charge in [0.15, 0.2) is 6.10 Å². The molecule has 0 aliphatic rings. The van der Waals surface area contributed by atoms with Gasteiger partial charge in [0.05, 0.1) is 10.6 Å². The summed E-state index contributed by atoms with van der Waals surface area (Å²) in [5.74, 6) is -1.27. The van der Waals surface area contributed by atoms with Crippen LogP contribution in [0.25, 0.3) is 0 Å². The summed E-state index contributed by atoms with van der Waals surface area (Å²) >= 11 is 0. The second kappa shape index (κ2) is 9.51. The number of rotatable bonds is 7. The lowest BCUT2D eigenvalue weighted by atomic mass is 10.1. The Morgan fingerprint density at radius 3 is 2.30 bits per heavy atom. The highest BCUT2D eigenvalue weighted by atomic mass is 32.2. The summed E-state index contributed by atoms with van der Waals surface area (Å²) in [5.41, 5.74) is 0.788. The fourth-order valence-corrected chi connectivity index (χ4v) is 4.27. The Hall–Kier alpha value is -3.57. The molecule has 0 radical (unpaired) electrons. The van der Waals surface area contributed by atoms with Crippen LogP contribution in [0.3, 0.4) is 0 Å². The predicted octanol–water partition coefficient (Wildman–Crippen LogP) is 4.37. The number of amides is 1. The molecule has 3 aromatic carbocycles. The maximum absolute atomic E-state index is 12.7. The van der Waals surface area contributed by atoms with Crippen molar-refractivity contribution in [3.63, 3.8) is 0 Å². The largest absolute Gasteiger partial charge is 0.573 e. The summed E-state index contributed by atoms with van der Waals surface area (Å²) in [6.45, 7) is 1.49. The number of carbonyl (C=O) groups is 1. The van der Waals surface area contributed by atoms with Gasteiger partial charge < -0.3 is 15.2 Å². The van der Waals surface area contributed by atoms with E-state index in [0.29, 0.717) is 5.56 Å². The molecule has 3 aromatic rings. The standard InChI is InChI=1S/C22H19F3N2O5S/c1-14-12-16(26-21(29)20(28)15-6-3-2-4-7-15)10-11-19(14)33(30,31)27-17-8-5-9-18(13-17)32-22(23,24)25/h2-13,20,27-28H,1H3,(H,26,29)/t20-/m0/s1. The van der Waals surface area contributed by atoms with Crippen LogP contribution in [0.2, 0.25) is 0 Å². The van der Waals surface area contributed by atoms with Crippen molar-refractivity contribution in [3.8, 4) is 5.75 Å². The third-order valence-electron chi connectivity index (χ3n) is 4.42. The third kappa shape index (κ3) is 6.46. The highest BCUT2D eigenvalue weighted by molar-refractivity contribution is 7.92. The number of nitrogens with one attached hydrogen (secondary N) is 2. The van der Waals surface area contributed by atoms with Crippen molar-refractivity contribution >= 4 is 27.3 Å². The van der Waals surface area contributed by atoms with Crippen LogP contribution in [0, 0.1) is 6.92 Å². The molecule has 0 aliphatic carbocycles. The van der Waals surface area contributed by atoms with Crippen LogP contribution in [0.1, 0.15) is 17.2 Å². The molecule has 3 N–H and O–H groups in total. The first kappa shape index (κ1) is 24.1. The van der Waals surface area contributed by atoms with Crippen LogP contribution in [0.15, 0.2) is 77.7 Å². The van der Waals surface area contributed by atoms with E-state index in [9.17, 15) is 31.5 Å². The summed E-state index contributed by atoms with van der Waals surface area (Å²) in [6, 6.07) is 16.7. The van der Waals surface area contributed by atoms with E-state index in [4.69, 9.17) is 0 Å². The lowest BCUT2D eigenvalue weighted by Gasteiger charge is -2.15. The Morgan fingerprint density at radius 2 is 1.67 bits per heavy atom. The third-order valence-corrected chi connectivity index (χ3v) is 5.96. The van der Waals surface area contributed by atoms with Crippen LogP contribution < -0.4 is 14.8 Å². The fraction of sp³-hybridized carbons (Fsp3) is 0.136. The highest BCUT2D eigenvalue weighted by Gasteiger charge is 2.31. The number of alkyl halides is 3. The molecule has 1 atom stereocenters. The summed E-state index contributed by atoms with van der Waals surface area (Å²) < 4.78 is 68.7. The molecular formula is C22H19F3N2O5S. The Balaban J connectivity index is 1.75. The van der Waals surface area contributed by atoms with Crippen LogP contribution >= 0.6 is 0 Å². The van der Waals surface area contributed by atoms with E-state index in [1.165, 1.54) is 37.3 Å². The minimum atomic E-state index is -4.91. The first-order valence-electron chi connectivity index (χ1n) is 9.48. The molecule has 7 nitrogen and oxygen atoms in total. The van der Waals surface area contributed by atoms with E-state index in [2.05, 4.69) is 14.8 Å². The summed E-state index contributed by atoms with van der Waals surface area (Å²) in [6.07, 6.45) is -6.33. The molecule has 174 valence electrons. The normalized spacial score (nSPS) is 12.6. The second-order valence-electron chi connectivity index (χ2n) is 6.96. The Bertz CT molecular complexity index is 1250. The number of aryl methyl sites for hydroxylation is 1. The predicted molar refractivity (Wildman–Crippen MR) is 115 cm³/mol. The van der Waals surface area contributed by atoms with Crippen LogP contribution in [-0.4, -0.2) is 25.8 Å². The Labute approximate surface area is 187 Å². The molecule has 0 spiro atoms. The molecule has 0 fully saturated rings.